The Labute approximate surface area is 171 Å². The zero-order valence-electron chi connectivity index (χ0n) is 15.1. The molecule has 2 saturated heterocycles. The Morgan fingerprint density at radius 2 is 2.07 bits per heavy atom. The van der Waals surface area contributed by atoms with Crippen LogP contribution in [0.15, 0.2) is 56.9 Å². The summed E-state index contributed by atoms with van der Waals surface area (Å²) in [6.45, 7) is 2.76. The standard InChI is InChI=1S/C20H19N3O3S2/c24-18-5-1-4-16-14-7-13(9-22(16)18)8-21(10-14)12-17-19(25)23(20(27)28-17)11-15-3-2-6-26-15/h1-6,12-14H,7-11H2/b17-12-/t13-,14+/m1/s1. The molecule has 0 radical (unpaired) electrons. The number of amides is 1. The summed E-state index contributed by atoms with van der Waals surface area (Å²) in [7, 11) is 0. The average molecular weight is 414 g/mol. The predicted molar refractivity (Wildman–Crippen MR) is 111 cm³/mol. The predicted octanol–water partition coefficient (Wildman–Crippen LogP) is 2.76. The van der Waals surface area contributed by atoms with E-state index in [0.717, 1.165) is 31.7 Å². The first-order chi connectivity index (χ1) is 13.6. The van der Waals surface area contributed by atoms with E-state index in [-0.39, 0.29) is 11.5 Å². The molecule has 8 heteroatoms. The second kappa shape index (κ2) is 6.93. The van der Waals surface area contributed by atoms with E-state index < -0.39 is 0 Å². The molecule has 3 aliphatic rings. The van der Waals surface area contributed by atoms with E-state index in [1.165, 1.54) is 11.8 Å². The van der Waals surface area contributed by atoms with Crippen LogP contribution in [0, 0.1) is 5.92 Å². The molecule has 2 atom stereocenters. The summed E-state index contributed by atoms with van der Waals surface area (Å²) in [6, 6.07) is 9.17. The number of hydrogen-bond donors (Lipinski definition) is 0. The van der Waals surface area contributed by atoms with Crippen molar-refractivity contribution < 1.29 is 9.21 Å². The molecular formula is C20H19N3O3S2. The van der Waals surface area contributed by atoms with Crippen molar-refractivity contribution >= 4 is 34.2 Å². The van der Waals surface area contributed by atoms with Gasteiger partial charge in [-0.2, -0.15) is 0 Å². The molecule has 0 saturated carbocycles. The van der Waals surface area contributed by atoms with E-state index in [9.17, 15) is 9.59 Å². The molecule has 2 aromatic heterocycles. The highest BCUT2D eigenvalue weighted by atomic mass is 32.2. The Balaban J connectivity index is 1.35. The van der Waals surface area contributed by atoms with Gasteiger partial charge >= 0.3 is 0 Å². The second-order valence-electron chi connectivity index (χ2n) is 7.48. The molecule has 5 heterocycles. The molecule has 28 heavy (non-hydrogen) atoms. The number of carbonyl (C=O) groups is 1. The third-order valence-corrected chi connectivity index (χ3v) is 6.94. The van der Waals surface area contributed by atoms with Crippen LogP contribution in [-0.2, 0) is 17.9 Å². The maximum absolute atomic E-state index is 12.8. The van der Waals surface area contributed by atoms with Crippen molar-refractivity contribution in [3.8, 4) is 0 Å². The molecule has 0 aromatic carbocycles. The van der Waals surface area contributed by atoms with E-state index in [2.05, 4.69) is 11.0 Å². The molecule has 1 amide bonds. The van der Waals surface area contributed by atoms with Gasteiger partial charge in [-0.05, 0) is 30.5 Å². The number of likely N-dealkylation sites (tertiary alicyclic amines) is 1. The highest BCUT2D eigenvalue weighted by Gasteiger charge is 2.36. The number of fused-ring (bicyclic) bond motifs is 4. The topological polar surface area (TPSA) is 58.7 Å². The first kappa shape index (κ1) is 17.8. The quantitative estimate of drug-likeness (QED) is 0.570. The van der Waals surface area contributed by atoms with Crippen molar-refractivity contribution in [2.75, 3.05) is 13.1 Å². The van der Waals surface area contributed by atoms with Crippen molar-refractivity contribution in [1.29, 1.82) is 0 Å². The van der Waals surface area contributed by atoms with Gasteiger partial charge in [-0.15, -0.1) is 0 Å². The first-order valence-corrected chi connectivity index (χ1v) is 10.5. The van der Waals surface area contributed by atoms with Crippen LogP contribution in [0.5, 0.6) is 0 Å². The molecule has 144 valence electrons. The number of thioether (sulfide) groups is 1. The molecule has 3 aliphatic heterocycles. The number of nitrogens with zero attached hydrogens (tertiary/aromatic N) is 3. The summed E-state index contributed by atoms with van der Waals surface area (Å²) in [6.07, 6.45) is 4.64. The Hall–Kier alpha value is -2.32. The zero-order valence-corrected chi connectivity index (χ0v) is 16.7. The fraction of sp³-hybridized carbons (Fsp3) is 0.350. The number of aromatic nitrogens is 1. The zero-order chi connectivity index (χ0) is 19.3. The van der Waals surface area contributed by atoms with E-state index in [1.54, 1.807) is 23.3 Å². The molecular weight excluding hydrogens is 394 g/mol. The molecule has 0 unspecified atom stereocenters. The fourth-order valence-corrected chi connectivity index (χ4v) is 5.65. The lowest BCUT2D eigenvalue weighted by atomic mass is 9.83. The smallest absolute Gasteiger partial charge is 0.268 e. The summed E-state index contributed by atoms with van der Waals surface area (Å²) in [4.78, 5) is 29.5. The molecule has 0 spiro atoms. The molecule has 0 aliphatic carbocycles. The van der Waals surface area contributed by atoms with Crippen LogP contribution in [-0.4, -0.2) is 37.7 Å². The minimum absolute atomic E-state index is 0.0706. The van der Waals surface area contributed by atoms with Gasteiger partial charge in [0.15, 0.2) is 0 Å². The van der Waals surface area contributed by atoms with E-state index in [0.29, 0.717) is 33.4 Å². The van der Waals surface area contributed by atoms with Crippen molar-refractivity contribution in [2.24, 2.45) is 5.92 Å². The molecule has 2 fully saturated rings. The van der Waals surface area contributed by atoms with Gasteiger partial charge in [0.25, 0.3) is 11.5 Å². The fourth-order valence-electron chi connectivity index (χ4n) is 4.39. The molecule has 0 N–H and O–H groups in total. The Kier molecular flexibility index (Phi) is 4.40. The van der Waals surface area contributed by atoms with Gasteiger partial charge in [-0.25, -0.2) is 0 Å². The van der Waals surface area contributed by atoms with Crippen molar-refractivity contribution in [2.45, 2.75) is 25.4 Å². The van der Waals surface area contributed by atoms with Gasteiger partial charge in [0.1, 0.15) is 10.1 Å². The number of thiocarbonyl (C=S) groups is 1. The Bertz CT molecular complexity index is 1030. The number of rotatable bonds is 3. The van der Waals surface area contributed by atoms with Gasteiger partial charge in [0, 0.05) is 43.5 Å². The SMILES string of the molecule is O=C1/C(=C/N2C[C@H]3C[C@@H](C2)c2cccc(=O)n2C3)SC(=S)N1Cc1ccco1. The Morgan fingerprint density at radius 1 is 1.18 bits per heavy atom. The van der Waals surface area contributed by atoms with Gasteiger partial charge in [-0.1, -0.05) is 30.0 Å². The third kappa shape index (κ3) is 3.10. The third-order valence-electron chi connectivity index (χ3n) is 5.58. The monoisotopic (exact) mass is 413 g/mol. The summed E-state index contributed by atoms with van der Waals surface area (Å²) in [5.41, 5.74) is 1.19. The molecule has 2 aromatic rings. The number of furan rings is 1. The van der Waals surface area contributed by atoms with Crippen molar-refractivity contribution in [3.63, 3.8) is 0 Å². The molecule has 5 rings (SSSR count). The average Bonchev–Trinajstić information content (AvgIpc) is 3.27. The van der Waals surface area contributed by atoms with Gasteiger partial charge < -0.3 is 13.9 Å². The second-order valence-corrected chi connectivity index (χ2v) is 9.16. The highest BCUT2D eigenvalue weighted by Crippen LogP contribution is 2.37. The largest absolute Gasteiger partial charge is 0.467 e. The number of carbonyl (C=O) groups excluding carboxylic acids is 1. The summed E-state index contributed by atoms with van der Waals surface area (Å²) in [5.74, 6) is 1.37. The maximum Gasteiger partial charge on any atom is 0.268 e. The lowest BCUT2D eigenvalue weighted by Gasteiger charge is -2.42. The molecule has 2 bridgehead atoms. The Morgan fingerprint density at radius 3 is 2.89 bits per heavy atom. The minimum atomic E-state index is -0.0706. The summed E-state index contributed by atoms with van der Waals surface area (Å²) >= 11 is 6.75. The van der Waals surface area contributed by atoms with Crippen LogP contribution >= 0.6 is 24.0 Å². The summed E-state index contributed by atoms with van der Waals surface area (Å²) in [5, 5.41) is 0. The normalized spacial score (nSPS) is 25.5. The first-order valence-electron chi connectivity index (χ1n) is 9.30. The van der Waals surface area contributed by atoms with Gasteiger partial charge in [0.2, 0.25) is 0 Å². The van der Waals surface area contributed by atoms with Crippen LogP contribution < -0.4 is 5.56 Å². The number of pyridine rings is 1. The van der Waals surface area contributed by atoms with E-state index in [1.807, 2.05) is 22.9 Å². The van der Waals surface area contributed by atoms with E-state index >= 15 is 0 Å². The lowest BCUT2D eigenvalue weighted by molar-refractivity contribution is -0.122. The van der Waals surface area contributed by atoms with Crippen molar-refractivity contribution in [1.82, 2.24) is 14.4 Å². The van der Waals surface area contributed by atoms with Crippen LogP contribution in [0.25, 0.3) is 0 Å². The van der Waals surface area contributed by atoms with Gasteiger partial charge in [0.05, 0.1) is 17.7 Å². The highest BCUT2D eigenvalue weighted by molar-refractivity contribution is 8.26. The maximum atomic E-state index is 12.8. The number of hydrogen-bond acceptors (Lipinski definition) is 6. The van der Waals surface area contributed by atoms with E-state index in [4.69, 9.17) is 16.6 Å². The number of piperidine rings is 1. The van der Waals surface area contributed by atoms with Crippen LogP contribution in [0.3, 0.4) is 0 Å². The minimum Gasteiger partial charge on any atom is -0.467 e. The lowest BCUT2D eigenvalue weighted by Crippen LogP contribution is -2.45. The summed E-state index contributed by atoms with van der Waals surface area (Å²) < 4.78 is 7.82. The van der Waals surface area contributed by atoms with Crippen LogP contribution in [0.4, 0.5) is 0 Å². The van der Waals surface area contributed by atoms with Gasteiger partial charge in [-0.3, -0.25) is 14.5 Å². The molecule has 6 nitrogen and oxygen atoms in total. The van der Waals surface area contributed by atoms with Crippen molar-refractivity contribution in [3.05, 3.63) is 69.5 Å². The van der Waals surface area contributed by atoms with Crippen LogP contribution in [0.1, 0.15) is 23.8 Å². The van der Waals surface area contributed by atoms with Crippen LogP contribution in [0.2, 0.25) is 0 Å².